The summed E-state index contributed by atoms with van der Waals surface area (Å²) >= 11 is 0. The van der Waals surface area contributed by atoms with Gasteiger partial charge in [0.15, 0.2) is 0 Å². The number of fused-ring (bicyclic) bond motifs is 4. The van der Waals surface area contributed by atoms with E-state index in [0.717, 1.165) is 6.42 Å². The van der Waals surface area contributed by atoms with Crippen molar-refractivity contribution in [3.8, 4) is 0 Å². The van der Waals surface area contributed by atoms with E-state index in [9.17, 15) is 34.8 Å². The van der Waals surface area contributed by atoms with Crippen molar-refractivity contribution in [1.82, 2.24) is 14.6 Å². The van der Waals surface area contributed by atoms with E-state index in [-0.39, 0.29) is 36.1 Å². The molecule has 5 nitrogen and oxygen atoms in total. The highest BCUT2D eigenvalue weighted by molar-refractivity contribution is 7.89. The molecule has 3 aliphatic rings. The molecule has 0 radical (unpaired) electrons. The first kappa shape index (κ1) is 27.6. The Bertz CT molecular complexity index is 1470. The molecule has 39 heavy (non-hydrogen) atoms. The average molecular weight is 570 g/mol. The second-order valence-electron chi connectivity index (χ2n) is 10.0. The number of alkyl halides is 6. The van der Waals surface area contributed by atoms with Crippen molar-refractivity contribution in [3.63, 3.8) is 0 Å². The lowest BCUT2D eigenvalue weighted by Crippen LogP contribution is -2.57. The van der Waals surface area contributed by atoms with Gasteiger partial charge in [0.1, 0.15) is 0 Å². The molecule has 3 fully saturated rings. The molecule has 208 valence electrons. The SMILES string of the molecule is C=CC1CN2CCC1C[C@H]2[C@@H](NS(=O)(=O)c1cc(C(F)(F)F)cc(C(F)(F)F)c1)c1ccnc2ccccc12. The number of rotatable bonds is 6. The van der Waals surface area contributed by atoms with Crippen molar-refractivity contribution in [2.24, 2.45) is 11.8 Å². The Morgan fingerprint density at radius 2 is 1.69 bits per heavy atom. The van der Waals surface area contributed by atoms with Gasteiger partial charge in [-0.2, -0.15) is 26.3 Å². The molecule has 3 saturated heterocycles. The van der Waals surface area contributed by atoms with Crippen LogP contribution in [0.2, 0.25) is 0 Å². The van der Waals surface area contributed by atoms with Crippen molar-refractivity contribution in [2.75, 3.05) is 13.1 Å². The van der Waals surface area contributed by atoms with Crippen LogP contribution in [0.25, 0.3) is 10.9 Å². The zero-order chi connectivity index (χ0) is 28.2. The molecule has 3 aromatic rings. The first-order valence-electron chi connectivity index (χ1n) is 12.3. The molecule has 3 unspecified atom stereocenters. The number of hydrogen-bond donors (Lipinski definition) is 1. The Balaban J connectivity index is 1.62. The summed E-state index contributed by atoms with van der Waals surface area (Å²) in [6.07, 6.45) is -5.52. The fraction of sp³-hybridized carbons (Fsp3) is 0.370. The summed E-state index contributed by atoms with van der Waals surface area (Å²) in [4.78, 5) is 5.33. The van der Waals surface area contributed by atoms with E-state index >= 15 is 0 Å². The average Bonchev–Trinajstić information content (AvgIpc) is 2.90. The van der Waals surface area contributed by atoms with Crippen LogP contribution < -0.4 is 4.72 Å². The zero-order valence-electron chi connectivity index (χ0n) is 20.5. The van der Waals surface area contributed by atoms with E-state index in [4.69, 9.17) is 0 Å². The van der Waals surface area contributed by atoms with Crippen LogP contribution in [0.5, 0.6) is 0 Å². The zero-order valence-corrected chi connectivity index (χ0v) is 21.3. The summed E-state index contributed by atoms with van der Waals surface area (Å²) < 4.78 is 111. The quantitative estimate of drug-likeness (QED) is 0.284. The standard InChI is InChI=1S/C27H25F6N3O2S/c1-2-16-15-36-10-8-17(16)11-24(36)25(22-7-9-34-23-6-4-3-5-21(22)23)35-39(37,38)20-13-18(26(28,29)30)12-19(14-20)27(31,32)33/h2-7,9,12-14,16-17,24-25,35H,1,8,10-11,15H2/t16?,17?,24-,25-/m0/s1. The summed E-state index contributed by atoms with van der Waals surface area (Å²) in [7, 11) is -4.84. The van der Waals surface area contributed by atoms with E-state index in [1.807, 2.05) is 6.08 Å². The minimum Gasteiger partial charge on any atom is -0.298 e. The monoisotopic (exact) mass is 569 g/mol. The number of hydrogen-bond acceptors (Lipinski definition) is 4. The highest BCUT2D eigenvalue weighted by atomic mass is 32.2. The van der Waals surface area contributed by atoms with Crippen LogP contribution >= 0.6 is 0 Å². The van der Waals surface area contributed by atoms with Gasteiger partial charge >= 0.3 is 12.4 Å². The Morgan fingerprint density at radius 1 is 1.03 bits per heavy atom. The predicted octanol–water partition coefficient (Wildman–Crippen LogP) is 6.19. The number of sulfonamides is 1. The van der Waals surface area contributed by atoms with Crippen LogP contribution in [-0.4, -0.2) is 37.4 Å². The topological polar surface area (TPSA) is 62.3 Å². The van der Waals surface area contributed by atoms with E-state index in [1.54, 1.807) is 30.3 Å². The molecule has 6 rings (SSSR count). The Morgan fingerprint density at radius 3 is 2.28 bits per heavy atom. The van der Waals surface area contributed by atoms with Gasteiger partial charge in [-0.15, -0.1) is 6.58 Å². The van der Waals surface area contributed by atoms with Crippen LogP contribution in [0.1, 0.15) is 35.6 Å². The van der Waals surface area contributed by atoms with Crippen LogP contribution in [-0.2, 0) is 22.4 Å². The van der Waals surface area contributed by atoms with Gasteiger partial charge < -0.3 is 0 Å². The Labute approximate surface area is 221 Å². The third-order valence-corrected chi connectivity index (χ3v) is 9.13. The molecule has 3 aliphatic heterocycles. The Hall–Kier alpha value is -2.96. The van der Waals surface area contributed by atoms with Gasteiger partial charge in [-0.05, 0) is 67.1 Å². The highest BCUT2D eigenvalue weighted by Gasteiger charge is 2.45. The lowest BCUT2D eigenvalue weighted by Gasteiger charge is -2.51. The molecule has 1 N–H and O–H groups in total. The fourth-order valence-corrected chi connectivity index (χ4v) is 7.10. The van der Waals surface area contributed by atoms with Gasteiger partial charge in [0.25, 0.3) is 0 Å². The molecule has 2 aromatic carbocycles. The molecular formula is C27H25F6N3O2S. The lowest BCUT2D eigenvalue weighted by molar-refractivity contribution is -0.143. The van der Waals surface area contributed by atoms with E-state index in [2.05, 4.69) is 21.2 Å². The normalized spacial score (nSPS) is 24.6. The van der Waals surface area contributed by atoms with E-state index in [1.165, 1.54) is 6.20 Å². The maximum Gasteiger partial charge on any atom is 0.416 e. The van der Waals surface area contributed by atoms with Crippen molar-refractivity contribution in [3.05, 3.63) is 84.1 Å². The minimum absolute atomic E-state index is 0.0892. The van der Waals surface area contributed by atoms with Gasteiger partial charge in [-0.1, -0.05) is 24.3 Å². The fourth-order valence-electron chi connectivity index (χ4n) is 5.78. The van der Waals surface area contributed by atoms with Crippen molar-refractivity contribution >= 4 is 20.9 Å². The summed E-state index contributed by atoms with van der Waals surface area (Å²) in [5.74, 6) is 0.433. The Kier molecular flexibility index (Phi) is 7.01. The number of benzene rings is 2. The summed E-state index contributed by atoms with van der Waals surface area (Å²) in [6, 6.07) is 7.70. The molecule has 4 heterocycles. The molecule has 5 atom stereocenters. The number of para-hydroxylation sites is 1. The molecule has 0 saturated carbocycles. The third-order valence-electron chi connectivity index (χ3n) is 7.71. The minimum atomic E-state index is -5.18. The summed E-state index contributed by atoms with van der Waals surface area (Å²) in [5, 5.41) is 0.635. The van der Waals surface area contributed by atoms with Crippen molar-refractivity contribution in [2.45, 2.75) is 42.2 Å². The van der Waals surface area contributed by atoms with Gasteiger partial charge in [0.2, 0.25) is 10.0 Å². The van der Waals surface area contributed by atoms with Crippen molar-refractivity contribution < 1.29 is 34.8 Å². The smallest absolute Gasteiger partial charge is 0.298 e. The number of nitrogens with zero attached hydrogens (tertiary/aromatic N) is 2. The molecule has 0 amide bonds. The first-order valence-corrected chi connectivity index (χ1v) is 13.8. The van der Waals surface area contributed by atoms with Crippen LogP contribution in [0.15, 0.2) is 72.3 Å². The molecule has 1 aromatic heterocycles. The molecule has 12 heteroatoms. The second-order valence-corrected chi connectivity index (χ2v) is 11.7. The largest absolute Gasteiger partial charge is 0.416 e. The predicted molar refractivity (Wildman–Crippen MR) is 133 cm³/mol. The van der Waals surface area contributed by atoms with Gasteiger partial charge in [0.05, 0.1) is 27.6 Å². The van der Waals surface area contributed by atoms with Gasteiger partial charge in [-0.25, -0.2) is 13.1 Å². The number of nitrogens with one attached hydrogen (secondary N) is 1. The number of aromatic nitrogens is 1. The van der Waals surface area contributed by atoms with Gasteiger partial charge in [-0.3, -0.25) is 9.88 Å². The number of piperidine rings is 3. The first-order chi connectivity index (χ1) is 18.3. The molecule has 0 aliphatic carbocycles. The summed E-state index contributed by atoms with van der Waals surface area (Å²) in [6.45, 7) is 5.21. The van der Waals surface area contributed by atoms with E-state index in [0.29, 0.717) is 36.0 Å². The maximum atomic E-state index is 13.6. The second kappa shape index (κ2) is 9.90. The molecule has 2 bridgehead atoms. The van der Waals surface area contributed by atoms with Crippen LogP contribution in [0.3, 0.4) is 0 Å². The highest BCUT2D eigenvalue weighted by Crippen LogP contribution is 2.43. The summed E-state index contributed by atoms with van der Waals surface area (Å²) in [5.41, 5.74) is -2.27. The molecular weight excluding hydrogens is 544 g/mol. The van der Waals surface area contributed by atoms with E-state index < -0.39 is 44.4 Å². The molecule has 0 spiro atoms. The van der Waals surface area contributed by atoms with Crippen LogP contribution in [0.4, 0.5) is 26.3 Å². The van der Waals surface area contributed by atoms with Gasteiger partial charge in [0, 0.05) is 24.2 Å². The lowest BCUT2D eigenvalue weighted by atomic mass is 9.73. The van der Waals surface area contributed by atoms with Crippen molar-refractivity contribution in [1.29, 1.82) is 0 Å². The number of pyridine rings is 1. The maximum absolute atomic E-state index is 13.6. The number of halogens is 6. The van der Waals surface area contributed by atoms with Crippen LogP contribution in [0, 0.1) is 11.8 Å². The third kappa shape index (κ3) is 5.42.